The Kier molecular flexibility index (Phi) is 6.00. The molecule has 34 heavy (non-hydrogen) atoms. The van der Waals surface area contributed by atoms with E-state index < -0.39 is 17.8 Å². The Hall–Kier alpha value is -3.39. The Morgan fingerprint density at radius 3 is 2.26 bits per heavy atom. The predicted molar refractivity (Wildman–Crippen MR) is 124 cm³/mol. The fraction of sp³-hybridized carbons (Fsp3) is 0.423. The lowest BCUT2D eigenvalue weighted by Crippen LogP contribution is -2.47. The molecule has 0 N–H and O–H groups in total. The van der Waals surface area contributed by atoms with Gasteiger partial charge in [-0.3, -0.25) is 19.4 Å². The van der Waals surface area contributed by atoms with Crippen molar-refractivity contribution in [1.29, 1.82) is 0 Å². The number of rotatable bonds is 6. The lowest BCUT2D eigenvalue weighted by Gasteiger charge is -2.39. The summed E-state index contributed by atoms with van der Waals surface area (Å²) >= 11 is 0. The van der Waals surface area contributed by atoms with Crippen LogP contribution in [0.4, 0.5) is 4.79 Å². The third-order valence-corrected chi connectivity index (χ3v) is 7.19. The van der Waals surface area contributed by atoms with E-state index in [2.05, 4.69) is 4.90 Å². The number of benzene rings is 2. The second-order valence-electron chi connectivity index (χ2n) is 9.05. The highest BCUT2D eigenvalue weighted by Crippen LogP contribution is 2.41. The van der Waals surface area contributed by atoms with Crippen molar-refractivity contribution in [3.63, 3.8) is 0 Å². The largest absolute Gasteiger partial charge is 0.493 e. The molecule has 5 rings (SSSR count). The van der Waals surface area contributed by atoms with Crippen molar-refractivity contribution in [2.45, 2.75) is 44.2 Å². The number of nitrogens with zero attached hydrogens (tertiary/aromatic N) is 3. The van der Waals surface area contributed by atoms with Crippen molar-refractivity contribution in [3.05, 3.63) is 59.2 Å². The molecule has 2 aromatic rings. The molecule has 0 radical (unpaired) electrons. The Balaban J connectivity index is 1.49. The number of fused-ring (bicyclic) bond motifs is 1. The minimum absolute atomic E-state index is 0.0555. The van der Waals surface area contributed by atoms with E-state index in [0.717, 1.165) is 53.7 Å². The molecular formula is C26H29N3O5. The fourth-order valence-corrected chi connectivity index (χ4v) is 5.49. The summed E-state index contributed by atoms with van der Waals surface area (Å²) in [6.07, 6.45) is 4.20. The lowest BCUT2D eigenvalue weighted by molar-refractivity contribution is -0.144. The van der Waals surface area contributed by atoms with Gasteiger partial charge in [0.25, 0.3) is 0 Å². The summed E-state index contributed by atoms with van der Waals surface area (Å²) in [4.78, 5) is 43.2. The zero-order chi connectivity index (χ0) is 23.8. The zero-order valence-corrected chi connectivity index (χ0v) is 19.5. The lowest BCUT2D eigenvalue weighted by atomic mass is 9.88. The van der Waals surface area contributed by atoms with E-state index >= 15 is 0 Å². The topological polar surface area (TPSA) is 79.4 Å². The van der Waals surface area contributed by atoms with E-state index in [0.29, 0.717) is 18.0 Å². The van der Waals surface area contributed by atoms with Crippen LogP contribution in [-0.2, 0) is 16.0 Å². The number of amides is 4. The standard InChI is InChI=1S/C26H29N3O5/c1-33-21-14-18-12-13-27(23(17-8-4-3-5-9-17)20(18)15-22(21)34-2)16-28-24(30)25(31)29(26(28)32)19-10-6-7-11-19/h3-5,8-9,14-15,19,23H,6-7,10-13,16H2,1-2H3/t23-/m0/s1. The van der Waals surface area contributed by atoms with Crippen LogP contribution in [0.25, 0.3) is 0 Å². The Labute approximate surface area is 199 Å². The first-order valence-corrected chi connectivity index (χ1v) is 11.8. The first-order valence-electron chi connectivity index (χ1n) is 11.8. The van der Waals surface area contributed by atoms with Gasteiger partial charge in [-0.1, -0.05) is 43.2 Å². The van der Waals surface area contributed by atoms with Gasteiger partial charge in [0.05, 0.1) is 26.9 Å². The molecule has 0 aromatic heterocycles. The molecule has 178 valence electrons. The molecule has 1 saturated carbocycles. The van der Waals surface area contributed by atoms with Gasteiger partial charge in [0.1, 0.15) is 0 Å². The van der Waals surface area contributed by atoms with Crippen molar-refractivity contribution in [1.82, 2.24) is 14.7 Å². The smallest absolute Gasteiger partial charge is 0.335 e. The highest BCUT2D eigenvalue weighted by Gasteiger charge is 2.49. The van der Waals surface area contributed by atoms with E-state index in [1.54, 1.807) is 14.2 Å². The SMILES string of the molecule is COc1cc2c(cc1OC)[C@H](c1ccccc1)N(CN1C(=O)C(=O)N(C3CCCC3)C1=O)CC2. The van der Waals surface area contributed by atoms with Crippen molar-refractivity contribution >= 4 is 17.8 Å². The van der Waals surface area contributed by atoms with Crippen LogP contribution in [0.5, 0.6) is 11.5 Å². The van der Waals surface area contributed by atoms with Gasteiger partial charge in [-0.25, -0.2) is 9.69 Å². The van der Waals surface area contributed by atoms with Gasteiger partial charge in [-0.2, -0.15) is 0 Å². The molecule has 2 fully saturated rings. The van der Waals surface area contributed by atoms with Gasteiger partial charge in [0.15, 0.2) is 11.5 Å². The summed E-state index contributed by atoms with van der Waals surface area (Å²) in [5.41, 5.74) is 3.20. The average molecular weight is 464 g/mol. The van der Waals surface area contributed by atoms with Gasteiger partial charge in [0, 0.05) is 12.6 Å². The molecule has 2 aliphatic heterocycles. The number of hydrogen-bond donors (Lipinski definition) is 0. The van der Waals surface area contributed by atoms with Crippen LogP contribution in [0, 0.1) is 0 Å². The van der Waals surface area contributed by atoms with Crippen LogP contribution in [0.1, 0.15) is 48.4 Å². The number of hydrogen-bond acceptors (Lipinski definition) is 6. The maximum absolute atomic E-state index is 13.2. The monoisotopic (exact) mass is 463 g/mol. The molecule has 1 atom stereocenters. The highest BCUT2D eigenvalue weighted by molar-refractivity contribution is 6.44. The molecule has 8 heteroatoms. The van der Waals surface area contributed by atoms with Crippen LogP contribution in [0.2, 0.25) is 0 Å². The van der Waals surface area contributed by atoms with E-state index in [1.165, 1.54) is 4.90 Å². The second-order valence-corrected chi connectivity index (χ2v) is 9.05. The first-order chi connectivity index (χ1) is 16.5. The molecule has 0 spiro atoms. The van der Waals surface area contributed by atoms with Crippen molar-refractivity contribution < 1.29 is 23.9 Å². The Morgan fingerprint density at radius 2 is 1.59 bits per heavy atom. The second kappa shape index (κ2) is 9.10. The van der Waals surface area contributed by atoms with Crippen LogP contribution < -0.4 is 9.47 Å². The highest BCUT2D eigenvalue weighted by atomic mass is 16.5. The van der Waals surface area contributed by atoms with Gasteiger partial charge in [-0.05, 0) is 48.1 Å². The summed E-state index contributed by atoms with van der Waals surface area (Å²) in [5, 5.41) is 0. The maximum Gasteiger partial charge on any atom is 0.335 e. The van der Waals surface area contributed by atoms with Gasteiger partial charge in [-0.15, -0.1) is 0 Å². The van der Waals surface area contributed by atoms with E-state index in [4.69, 9.17) is 9.47 Å². The summed E-state index contributed by atoms with van der Waals surface area (Å²) in [7, 11) is 3.22. The number of carbonyl (C=O) groups excluding carboxylic acids is 3. The zero-order valence-electron chi connectivity index (χ0n) is 19.5. The molecule has 0 unspecified atom stereocenters. The molecular weight excluding hydrogens is 434 g/mol. The van der Waals surface area contributed by atoms with Crippen LogP contribution >= 0.6 is 0 Å². The first kappa shape index (κ1) is 22.4. The molecule has 1 aliphatic carbocycles. The summed E-state index contributed by atoms with van der Waals surface area (Å²) in [6, 6.07) is 13.1. The van der Waals surface area contributed by atoms with Crippen molar-refractivity contribution in [2.75, 3.05) is 27.4 Å². The van der Waals surface area contributed by atoms with Crippen LogP contribution in [-0.4, -0.2) is 66.0 Å². The van der Waals surface area contributed by atoms with Gasteiger partial charge in [0.2, 0.25) is 0 Å². The van der Waals surface area contributed by atoms with E-state index in [-0.39, 0.29) is 18.8 Å². The molecule has 2 aromatic carbocycles. The van der Waals surface area contributed by atoms with E-state index in [9.17, 15) is 14.4 Å². The van der Waals surface area contributed by atoms with Gasteiger partial charge >= 0.3 is 17.8 Å². The molecule has 2 heterocycles. The minimum atomic E-state index is -0.734. The molecule has 1 saturated heterocycles. The van der Waals surface area contributed by atoms with E-state index in [1.807, 2.05) is 42.5 Å². The molecule has 3 aliphatic rings. The number of methoxy groups -OCH3 is 2. The molecule has 8 nitrogen and oxygen atoms in total. The minimum Gasteiger partial charge on any atom is -0.493 e. The number of urea groups is 1. The average Bonchev–Trinajstić information content (AvgIpc) is 3.46. The van der Waals surface area contributed by atoms with Crippen molar-refractivity contribution in [2.24, 2.45) is 0 Å². The molecule has 0 bridgehead atoms. The summed E-state index contributed by atoms with van der Waals surface area (Å²) in [5.74, 6) is -0.136. The summed E-state index contributed by atoms with van der Waals surface area (Å²) < 4.78 is 11.1. The third-order valence-electron chi connectivity index (χ3n) is 7.19. The molecule has 4 amide bonds. The third kappa shape index (κ3) is 3.72. The maximum atomic E-state index is 13.2. The predicted octanol–water partition coefficient (Wildman–Crippen LogP) is 3.34. The summed E-state index contributed by atoms with van der Waals surface area (Å²) in [6.45, 7) is 0.677. The van der Waals surface area contributed by atoms with Gasteiger partial charge < -0.3 is 9.47 Å². The fourth-order valence-electron chi connectivity index (χ4n) is 5.49. The quantitative estimate of drug-likeness (QED) is 0.483. The Bertz CT molecular complexity index is 1110. The number of ether oxygens (including phenoxy) is 2. The number of imide groups is 2. The normalized spacial score (nSPS) is 21.4. The van der Waals surface area contributed by atoms with Crippen molar-refractivity contribution in [3.8, 4) is 11.5 Å². The van der Waals surface area contributed by atoms with Crippen LogP contribution in [0.15, 0.2) is 42.5 Å². The number of carbonyl (C=O) groups is 3. The Morgan fingerprint density at radius 1 is 0.912 bits per heavy atom. The van der Waals surface area contributed by atoms with Crippen LogP contribution in [0.3, 0.4) is 0 Å².